The summed E-state index contributed by atoms with van der Waals surface area (Å²) in [6.45, 7) is 1.49. The number of nitro benzene ring substituents is 1. The number of carbonyl (C=O) groups excluding carboxylic acids is 2. The number of rotatable bonds is 3. The number of imide groups is 1. The highest BCUT2D eigenvalue weighted by Gasteiger charge is 2.38. The molecule has 0 aliphatic carbocycles. The molecule has 0 radical (unpaired) electrons. The van der Waals surface area contributed by atoms with Crippen LogP contribution in [0.1, 0.15) is 36.6 Å². The van der Waals surface area contributed by atoms with Crippen LogP contribution in [0.25, 0.3) is 0 Å². The molecule has 0 unspecified atom stereocenters. The lowest BCUT2D eigenvalue weighted by atomic mass is 10.1. The number of nitro groups is 1. The van der Waals surface area contributed by atoms with Crippen LogP contribution >= 0.6 is 0 Å². The van der Waals surface area contributed by atoms with E-state index in [-0.39, 0.29) is 33.6 Å². The molecule has 0 spiro atoms. The molecule has 0 atom stereocenters. The molecule has 1 N–H and O–H groups in total. The summed E-state index contributed by atoms with van der Waals surface area (Å²) in [7, 11) is 0. The third-order valence-corrected chi connectivity index (χ3v) is 3.86. The van der Waals surface area contributed by atoms with E-state index in [2.05, 4.69) is 0 Å². The molecule has 1 aliphatic heterocycles. The number of aromatic carboxylic acids is 1. The Morgan fingerprint density at radius 3 is 2.42 bits per heavy atom. The van der Waals surface area contributed by atoms with Crippen LogP contribution in [0, 0.1) is 17.0 Å². The molecule has 24 heavy (non-hydrogen) atoms. The number of benzene rings is 2. The zero-order valence-corrected chi connectivity index (χ0v) is 12.3. The minimum Gasteiger partial charge on any atom is -0.478 e. The largest absolute Gasteiger partial charge is 0.478 e. The van der Waals surface area contributed by atoms with Crippen molar-refractivity contribution in [2.45, 2.75) is 6.92 Å². The zero-order valence-electron chi connectivity index (χ0n) is 12.3. The molecule has 120 valence electrons. The minimum absolute atomic E-state index is 0.0324. The second-order valence-electron chi connectivity index (χ2n) is 5.19. The van der Waals surface area contributed by atoms with Crippen molar-refractivity contribution in [2.75, 3.05) is 4.90 Å². The number of non-ortho nitro benzene ring substituents is 1. The number of fused-ring (bicyclic) bond motifs is 1. The maximum atomic E-state index is 12.6. The monoisotopic (exact) mass is 326 g/mol. The van der Waals surface area contributed by atoms with Crippen molar-refractivity contribution < 1.29 is 24.4 Å². The van der Waals surface area contributed by atoms with Gasteiger partial charge in [-0.1, -0.05) is 6.07 Å². The molecule has 0 saturated heterocycles. The van der Waals surface area contributed by atoms with E-state index in [1.807, 2.05) is 0 Å². The van der Waals surface area contributed by atoms with Crippen molar-refractivity contribution in [3.05, 3.63) is 68.8 Å². The van der Waals surface area contributed by atoms with Gasteiger partial charge in [0.15, 0.2) is 0 Å². The Balaban J connectivity index is 2.14. The van der Waals surface area contributed by atoms with Gasteiger partial charge in [0, 0.05) is 12.1 Å². The maximum absolute atomic E-state index is 12.6. The van der Waals surface area contributed by atoms with Crippen LogP contribution in [0.2, 0.25) is 0 Å². The van der Waals surface area contributed by atoms with E-state index in [1.54, 1.807) is 0 Å². The second kappa shape index (κ2) is 5.27. The second-order valence-corrected chi connectivity index (χ2v) is 5.19. The van der Waals surface area contributed by atoms with Crippen molar-refractivity contribution in [2.24, 2.45) is 0 Å². The van der Waals surface area contributed by atoms with Gasteiger partial charge in [-0.2, -0.15) is 0 Å². The van der Waals surface area contributed by atoms with Crippen molar-refractivity contribution in [1.82, 2.24) is 0 Å². The van der Waals surface area contributed by atoms with Crippen LogP contribution < -0.4 is 4.90 Å². The summed E-state index contributed by atoms with van der Waals surface area (Å²) in [4.78, 5) is 47.3. The van der Waals surface area contributed by atoms with Crippen LogP contribution in [-0.2, 0) is 0 Å². The quantitative estimate of drug-likeness (QED) is 0.525. The SMILES string of the molecule is Cc1c(C(=O)O)cccc1N1C(=O)c2ccc([N+](=O)[O-])cc2C1=O. The van der Waals surface area contributed by atoms with Crippen molar-refractivity contribution in [3.63, 3.8) is 0 Å². The number of hydrogen-bond acceptors (Lipinski definition) is 5. The summed E-state index contributed by atoms with van der Waals surface area (Å²) in [5.41, 5.74) is 0.0422. The van der Waals surface area contributed by atoms with Crippen molar-refractivity contribution in [1.29, 1.82) is 0 Å². The molecule has 8 nitrogen and oxygen atoms in total. The van der Waals surface area contributed by atoms with E-state index >= 15 is 0 Å². The normalized spacial score (nSPS) is 13.1. The molecule has 8 heteroatoms. The first kappa shape index (κ1) is 15.3. The fourth-order valence-corrected chi connectivity index (χ4v) is 2.66. The first-order valence-electron chi connectivity index (χ1n) is 6.83. The van der Waals surface area contributed by atoms with E-state index < -0.39 is 22.7 Å². The molecule has 1 aliphatic rings. The fourth-order valence-electron chi connectivity index (χ4n) is 2.66. The van der Waals surface area contributed by atoms with Gasteiger partial charge in [-0.3, -0.25) is 19.7 Å². The lowest BCUT2D eigenvalue weighted by Gasteiger charge is -2.17. The highest BCUT2D eigenvalue weighted by molar-refractivity contribution is 6.35. The van der Waals surface area contributed by atoms with Crippen LogP contribution in [0.4, 0.5) is 11.4 Å². The van der Waals surface area contributed by atoms with Gasteiger partial charge in [0.05, 0.1) is 27.3 Å². The number of carboxylic acid groups (broad SMARTS) is 1. The third kappa shape index (κ3) is 2.12. The molecule has 0 fully saturated rings. The fraction of sp³-hybridized carbons (Fsp3) is 0.0625. The van der Waals surface area contributed by atoms with Crippen LogP contribution in [-0.4, -0.2) is 27.8 Å². The molecule has 2 aromatic carbocycles. The molecule has 2 amide bonds. The number of carbonyl (C=O) groups is 3. The highest BCUT2D eigenvalue weighted by atomic mass is 16.6. The predicted molar refractivity (Wildman–Crippen MR) is 82.4 cm³/mol. The standard InChI is InChI=1S/C16H10N2O6/c1-8-10(16(21)22)3-2-4-13(8)17-14(19)11-6-5-9(18(23)24)7-12(11)15(17)20/h2-7H,1H3,(H,21,22). The Morgan fingerprint density at radius 2 is 1.79 bits per heavy atom. The van der Waals surface area contributed by atoms with Gasteiger partial charge in [0.25, 0.3) is 17.5 Å². The highest BCUT2D eigenvalue weighted by Crippen LogP contribution is 2.33. The molecule has 0 aromatic heterocycles. The third-order valence-electron chi connectivity index (χ3n) is 3.86. The van der Waals surface area contributed by atoms with Crippen LogP contribution in [0.5, 0.6) is 0 Å². The molecule has 2 aromatic rings. The van der Waals surface area contributed by atoms with E-state index in [9.17, 15) is 29.6 Å². The summed E-state index contributed by atoms with van der Waals surface area (Å²) in [5, 5.41) is 20.0. The lowest BCUT2D eigenvalue weighted by molar-refractivity contribution is -0.384. The summed E-state index contributed by atoms with van der Waals surface area (Å²) in [6.07, 6.45) is 0. The molecule has 1 heterocycles. The molecular formula is C16H10N2O6. The summed E-state index contributed by atoms with van der Waals surface area (Å²) < 4.78 is 0. The Labute approximate surface area is 135 Å². The summed E-state index contributed by atoms with van der Waals surface area (Å²) >= 11 is 0. The van der Waals surface area contributed by atoms with Gasteiger partial charge in [-0.25, -0.2) is 9.69 Å². The van der Waals surface area contributed by atoms with E-state index in [0.717, 1.165) is 17.0 Å². The van der Waals surface area contributed by atoms with Gasteiger partial charge in [0.1, 0.15) is 0 Å². The average Bonchev–Trinajstić information content (AvgIpc) is 2.78. The Kier molecular flexibility index (Phi) is 3.37. The number of nitrogens with zero attached hydrogens (tertiary/aromatic N) is 2. The van der Waals surface area contributed by atoms with Gasteiger partial charge in [0.2, 0.25) is 0 Å². The van der Waals surface area contributed by atoms with E-state index in [4.69, 9.17) is 0 Å². The topological polar surface area (TPSA) is 118 Å². The van der Waals surface area contributed by atoms with Gasteiger partial charge in [-0.05, 0) is 30.7 Å². The maximum Gasteiger partial charge on any atom is 0.336 e. The molecule has 0 bridgehead atoms. The van der Waals surface area contributed by atoms with Crippen LogP contribution in [0.3, 0.4) is 0 Å². The molecule has 3 rings (SSSR count). The minimum atomic E-state index is -1.18. The Bertz CT molecular complexity index is 934. The number of hydrogen-bond donors (Lipinski definition) is 1. The number of carboxylic acids is 1. The zero-order chi connectivity index (χ0) is 17.6. The molecular weight excluding hydrogens is 316 g/mol. The van der Waals surface area contributed by atoms with Crippen molar-refractivity contribution in [3.8, 4) is 0 Å². The molecule has 0 saturated carbocycles. The van der Waals surface area contributed by atoms with Gasteiger partial charge >= 0.3 is 5.97 Å². The van der Waals surface area contributed by atoms with E-state index in [0.29, 0.717) is 0 Å². The van der Waals surface area contributed by atoms with Gasteiger partial charge < -0.3 is 5.11 Å². The van der Waals surface area contributed by atoms with Crippen LogP contribution in [0.15, 0.2) is 36.4 Å². The Morgan fingerprint density at radius 1 is 1.12 bits per heavy atom. The number of anilines is 1. The average molecular weight is 326 g/mol. The summed E-state index contributed by atoms with van der Waals surface area (Å²) in [5.74, 6) is -2.54. The Hall–Kier alpha value is -3.55. The summed E-state index contributed by atoms with van der Waals surface area (Å²) in [6, 6.07) is 7.67. The smallest absolute Gasteiger partial charge is 0.336 e. The first-order chi connectivity index (χ1) is 11.3. The van der Waals surface area contributed by atoms with Crippen molar-refractivity contribution >= 4 is 29.2 Å². The van der Waals surface area contributed by atoms with E-state index in [1.165, 1.54) is 31.2 Å². The van der Waals surface area contributed by atoms with Gasteiger partial charge in [-0.15, -0.1) is 0 Å². The predicted octanol–water partition coefficient (Wildman–Crippen LogP) is 2.40. The first-order valence-corrected chi connectivity index (χ1v) is 6.83. The number of amides is 2. The lowest BCUT2D eigenvalue weighted by Crippen LogP contribution is -2.30.